The Morgan fingerprint density at radius 2 is 2.04 bits per heavy atom. The van der Waals surface area contributed by atoms with E-state index in [0.29, 0.717) is 11.5 Å². The number of amides is 1. The summed E-state index contributed by atoms with van der Waals surface area (Å²) in [6.45, 7) is 3.35. The Labute approximate surface area is 149 Å². The molecule has 3 nitrogen and oxygen atoms in total. The van der Waals surface area contributed by atoms with Crippen molar-refractivity contribution in [3.63, 3.8) is 0 Å². The average molecular weight is 340 g/mol. The molecular formula is C21H25FN2O. The van der Waals surface area contributed by atoms with E-state index in [4.69, 9.17) is 0 Å². The zero-order valence-corrected chi connectivity index (χ0v) is 15.1. The first-order valence-electron chi connectivity index (χ1n) is 8.75. The first-order chi connectivity index (χ1) is 11.9. The van der Waals surface area contributed by atoms with E-state index in [2.05, 4.69) is 0 Å². The maximum atomic E-state index is 13.4. The van der Waals surface area contributed by atoms with Gasteiger partial charge in [0.1, 0.15) is 5.82 Å². The molecule has 1 atom stereocenters. The Bertz CT molecular complexity index is 772. The van der Waals surface area contributed by atoms with Gasteiger partial charge in [-0.25, -0.2) is 4.39 Å². The second-order valence-corrected chi connectivity index (χ2v) is 7.14. The van der Waals surface area contributed by atoms with Gasteiger partial charge >= 0.3 is 0 Å². The third-order valence-electron chi connectivity index (χ3n) is 4.93. The van der Waals surface area contributed by atoms with Crippen molar-refractivity contribution in [2.45, 2.75) is 19.8 Å². The van der Waals surface area contributed by atoms with Crippen molar-refractivity contribution >= 4 is 11.6 Å². The van der Waals surface area contributed by atoms with E-state index < -0.39 is 0 Å². The summed E-state index contributed by atoms with van der Waals surface area (Å²) < 4.78 is 13.4. The molecule has 1 fully saturated rings. The van der Waals surface area contributed by atoms with Crippen LogP contribution in [0.5, 0.6) is 0 Å². The van der Waals surface area contributed by atoms with Gasteiger partial charge in [0, 0.05) is 38.4 Å². The molecule has 4 heteroatoms. The number of aryl methyl sites for hydroxylation is 1. The molecule has 0 saturated carbocycles. The van der Waals surface area contributed by atoms with Crippen molar-refractivity contribution < 1.29 is 9.18 Å². The Hall–Kier alpha value is -2.36. The van der Waals surface area contributed by atoms with Crippen LogP contribution in [0.1, 0.15) is 27.9 Å². The molecule has 1 amide bonds. The molecule has 0 aliphatic carbocycles. The van der Waals surface area contributed by atoms with Gasteiger partial charge in [0.2, 0.25) is 0 Å². The van der Waals surface area contributed by atoms with E-state index >= 15 is 0 Å². The molecule has 1 aliphatic heterocycles. The van der Waals surface area contributed by atoms with E-state index in [-0.39, 0.29) is 11.7 Å². The fourth-order valence-corrected chi connectivity index (χ4v) is 3.45. The van der Waals surface area contributed by atoms with Crippen LogP contribution in [0.15, 0.2) is 42.5 Å². The number of hydrogen-bond acceptors (Lipinski definition) is 2. The Kier molecular flexibility index (Phi) is 5.07. The molecule has 25 heavy (non-hydrogen) atoms. The maximum absolute atomic E-state index is 13.4. The lowest BCUT2D eigenvalue weighted by Gasteiger charge is -2.19. The lowest BCUT2D eigenvalue weighted by atomic mass is 9.97. The largest absolute Gasteiger partial charge is 0.378 e. The minimum Gasteiger partial charge on any atom is -0.378 e. The van der Waals surface area contributed by atoms with Crippen LogP contribution in [0, 0.1) is 18.7 Å². The van der Waals surface area contributed by atoms with Crippen LogP contribution >= 0.6 is 0 Å². The zero-order chi connectivity index (χ0) is 18.0. The average Bonchev–Trinajstić information content (AvgIpc) is 3.06. The highest BCUT2D eigenvalue weighted by atomic mass is 19.1. The molecule has 0 N–H and O–H groups in total. The number of carbonyl (C=O) groups is 1. The van der Waals surface area contributed by atoms with Crippen LogP contribution in [0.25, 0.3) is 0 Å². The van der Waals surface area contributed by atoms with Crippen molar-refractivity contribution in [3.8, 4) is 0 Å². The van der Waals surface area contributed by atoms with Crippen LogP contribution in [0.3, 0.4) is 0 Å². The van der Waals surface area contributed by atoms with Gasteiger partial charge in [-0.15, -0.1) is 0 Å². The molecule has 1 saturated heterocycles. The summed E-state index contributed by atoms with van der Waals surface area (Å²) >= 11 is 0. The number of rotatable bonds is 4. The van der Waals surface area contributed by atoms with E-state index in [1.165, 1.54) is 6.07 Å². The van der Waals surface area contributed by atoms with Gasteiger partial charge in [-0.2, -0.15) is 0 Å². The standard InChI is InChI=1S/C21H25FN2O/c1-15-11-16(7-8-20(15)22)12-17-9-10-24(14-17)21(25)18-5-4-6-19(13-18)23(2)3/h4-8,11,13,17H,9-10,12,14H2,1-3H3. The predicted molar refractivity (Wildman–Crippen MR) is 99.6 cm³/mol. The van der Waals surface area contributed by atoms with E-state index in [1.807, 2.05) is 60.3 Å². The van der Waals surface area contributed by atoms with Crippen molar-refractivity contribution in [2.75, 3.05) is 32.1 Å². The molecule has 1 unspecified atom stereocenters. The number of benzene rings is 2. The van der Waals surface area contributed by atoms with Gasteiger partial charge < -0.3 is 9.80 Å². The summed E-state index contributed by atoms with van der Waals surface area (Å²) in [4.78, 5) is 16.7. The summed E-state index contributed by atoms with van der Waals surface area (Å²) in [5, 5.41) is 0. The monoisotopic (exact) mass is 340 g/mol. The normalized spacial score (nSPS) is 17.0. The minimum atomic E-state index is -0.159. The van der Waals surface area contributed by atoms with Gasteiger partial charge in [-0.3, -0.25) is 4.79 Å². The van der Waals surface area contributed by atoms with Crippen LogP contribution in [-0.2, 0) is 6.42 Å². The van der Waals surface area contributed by atoms with Crippen LogP contribution in [-0.4, -0.2) is 38.0 Å². The van der Waals surface area contributed by atoms with E-state index in [9.17, 15) is 9.18 Å². The van der Waals surface area contributed by atoms with Gasteiger partial charge in [0.15, 0.2) is 0 Å². The summed E-state index contributed by atoms with van der Waals surface area (Å²) in [6, 6.07) is 13.1. The zero-order valence-electron chi connectivity index (χ0n) is 15.1. The van der Waals surface area contributed by atoms with Gasteiger partial charge in [0.05, 0.1) is 0 Å². The second kappa shape index (κ2) is 7.26. The van der Waals surface area contributed by atoms with E-state index in [1.54, 1.807) is 6.92 Å². The SMILES string of the molecule is Cc1cc(CC2CCN(C(=O)c3cccc(N(C)C)c3)C2)ccc1F. The van der Waals surface area contributed by atoms with Gasteiger partial charge in [0.25, 0.3) is 5.91 Å². The Morgan fingerprint density at radius 3 is 2.76 bits per heavy atom. The van der Waals surface area contributed by atoms with Crippen LogP contribution in [0.2, 0.25) is 0 Å². The smallest absolute Gasteiger partial charge is 0.253 e. The minimum absolute atomic E-state index is 0.0986. The van der Waals surface area contributed by atoms with E-state index in [0.717, 1.165) is 42.7 Å². The summed E-state index contributed by atoms with van der Waals surface area (Å²) in [5.74, 6) is 0.375. The molecule has 0 aromatic heterocycles. The van der Waals surface area contributed by atoms with Crippen molar-refractivity contribution in [1.29, 1.82) is 0 Å². The highest BCUT2D eigenvalue weighted by molar-refractivity contribution is 5.95. The quantitative estimate of drug-likeness (QED) is 0.843. The number of hydrogen-bond donors (Lipinski definition) is 0. The molecule has 2 aromatic rings. The number of carbonyl (C=O) groups excluding carboxylic acids is 1. The highest BCUT2D eigenvalue weighted by Gasteiger charge is 2.27. The molecule has 3 rings (SSSR count). The maximum Gasteiger partial charge on any atom is 0.253 e. The van der Waals surface area contributed by atoms with Crippen molar-refractivity contribution in [2.24, 2.45) is 5.92 Å². The molecule has 132 valence electrons. The third-order valence-corrected chi connectivity index (χ3v) is 4.93. The number of likely N-dealkylation sites (tertiary alicyclic amines) is 1. The molecule has 1 aliphatic rings. The molecular weight excluding hydrogens is 315 g/mol. The first-order valence-corrected chi connectivity index (χ1v) is 8.75. The molecule has 1 heterocycles. The third kappa shape index (κ3) is 4.01. The lowest BCUT2D eigenvalue weighted by Crippen LogP contribution is -2.29. The number of anilines is 1. The van der Waals surface area contributed by atoms with Gasteiger partial charge in [-0.05, 0) is 61.1 Å². The lowest BCUT2D eigenvalue weighted by molar-refractivity contribution is 0.0787. The molecule has 2 aromatic carbocycles. The number of nitrogens with zero attached hydrogens (tertiary/aromatic N) is 2. The highest BCUT2D eigenvalue weighted by Crippen LogP contribution is 2.24. The Morgan fingerprint density at radius 1 is 1.24 bits per heavy atom. The predicted octanol–water partition coefficient (Wildman–Crippen LogP) is 3.90. The molecule has 0 radical (unpaired) electrons. The van der Waals surface area contributed by atoms with Crippen LogP contribution in [0.4, 0.5) is 10.1 Å². The molecule has 0 spiro atoms. The Balaban J connectivity index is 1.65. The summed E-state index contributed by atoms with van der Waals surface area (Å²) in [5.41, 5.74) is 3.60. The van der Waals surface area contributed by atoms with Crippen molar-refractivity contribution in [3.05, 3.63) is 65.0 Å². The van der Waals surface area contributed by atoms with Gasteiger partial charge in [-0.1, -0.05) is 18.2 Å². The summed E-state index contributed by atoms with van der Waals surface area (Å²) in [7, 11) is 3.94. The number of halogens is 1. The first kappa shape index (κ1) is 17.5. The fraction of sp³-hybridized carbons (Fsp3) is 0.381. The summed E-state index contributed by atoms with van der Waals surface area (Å²) in [6.07, 6.45) is 1.89. The molecule has 0 bridgehead atoms. The topological polar surface area (TPSA) is 23.6 Å². The second-order valence-electron chi connectivity index (χ2n) is 7.14. The van der Waals surface area contributed by atoms with Crippen molar-refractivity contribution in [1.82, 2.24) is 4.90 Å². The fourth-order valence-electron chi connectivity index (χ4n) is 3.45. The van der Waals surface area contributed by atoms with Crippen LogP contribution < -0.4 is 4.90 Å².